The lowest BCUT2D eigenvalue weighted by atomic mass is 10.2. The van der Waals surface area contributed by atoms with Gasteiger partial charge < -0.3 is 15.4 Å². The van der Waals surface area contributed by atoms with Crippen molar-refractivity contribution in [2.75, 3.05) is 39.9 Å². The van der Waals surface area contributed by atoms with Crippen LogP contribution in [-0.2, 0) is 21.3 Å². The number of aliphatic imine (C=N–C) groups is 1. The van der Waals surface area contributed by atoms with E-state index in [2.05, 4.69) is 22.5 Å². The summed E-state index contributed by atoms with van der Waals surface area (Å²) >= 11 is 0. The van der Waals surface area contributed by atoms with Crippen LogP contribution in [0.2, 0.25) is 0 Å². The molecule has 1 heterocycles. The first-order valence-electron chi connectivity index (χ1n) is 10.2. The van der Waals surface area contributed by atoms with Gasteiger partial charge in [-0.3, -0.25) is 4.99 Å². The first kappa shape index (κ1) is 26.1. The summed E-state index contributed by atoms with van der Waals surface area (Å²) in [6, 6.07) is 7.08. The highest BCUT2D eigenvalue weighted by Gasteiger charge is 2.26. The van der Waals surface area contributed by atoms with Crippen molar-refractivity contribution in [2.24, 2.45) is 4.99 Å². The average Bonchev–Trinajstić information content (AvgIpc) is 3.25. The lowest BCUT2D eigenvalue weighted by Crippen LogP contribution is -2.37. The molecule has 0 atom stereocenters. The topological polar surface area (TPSA) is 83.0 Å². The van der Waals surface area contributed by atoms with E-state index < -0.39 is 10.0 Å². The van der Waals surface area contributed by atoms with Crippen LogP contribution in [0.15, 0.2) is 34.2 Å². The van der Waals surface area contributed by atoms with Gasteiger partial charge in [0.15, 0.2) is 5.96 Å². The maximum Gasteiger partial charge on any atom is 0.243 e. The van der Waals surface area contributed by atoms with Crippen molar-refractivity contribution < 1.29 is 13.2 Å². The molecule has 0 unspecified atom stereocenters. The zero-order valence-corrected chi connectivity index (χ0v) is 20.7. The van der Waals surface area contributed by atoms with Crippen LogP contribution in [0.5, 0.6) is 0 Å². The zero-order chi connectivity index (χ0) is 20.2. The summed E-state index contributed by atoms with van der Waals surface area (Å²) in [7, 11) is -1.62. The Balaban J connectivity index is 0.00000420. The molecule has 0 aromatic heterocycles. The fourth-order valence-corrected chi connectivity index (χ4v) is 4.51. The molecule has 1 aromatic carbocycles. The number of rotatable bonds is 11. The van der Waals surface area contributed by atoms with Crippen molar-refractivity contribution in [3.05, 3.63) is 29.8 Å². The molecule has 2 rings (SSSR count). The SMILES string of the molecule is CCCCOCCCNC(=NC)NCc1ccc(S(=O)(=O)N2CCCC2)cc1.I. The third-order valence-electron chi connectivity index (χ3n) is 4.71. The maximum atomic E-state index is 12.6. The smallest absolute Gasteiger partial charge is 0.243 e. The van der Waals surface area contributed by atoms with Crippen LogP contribution < -0.4 is 10.6 Å². The highest BCUT2D eigenvalue weighted by Crippen LogP contribution is 2.21. The van der Waals surface area contributed by atoms with E-state index in [0.717, 1.165) is 63.4 Å². The van der Waals surface area contributed by atoms with E-state index in [-0.39, 0.29) is 24.0 Å². The van der Waals surface area contributed by atoms with E-state index in [1.165, 1.54) is 0 Å². The van der Waals surface area contributed by atoms with Crippen LogP contribution in [0.4, 0.5) is 0 Å². The molecule has 7 nitrogen and oxygen atoms in total. The number of benzene rings is 1. The highest BCUT2D eigenvalue weighted by atomic mass is 127. The molecule has 0 aliphatic carbocycles. The second kappa shape index (κ2) is 14.2. The van der Waals surface area contributed by atoms with Crippen molar-refractivity contribution in [2.45, 2.75) is 50.5 Å². The summed E-state index contributed by atoms with van der Waals surface area (Å²) in [5, 5.41) is 6.51. The Morgan fingerprint density at radius 2 is 1.76 bits per heavy atom. The number of hydrogen-bond donors (Lipinski definition) is 2. The van der Waals surface area contributed by atoms with E-state index in [9.17, 15) is 8.42 Å². The van der Waals surface area contributed by atoms with E-state index >= 15 is 0 Å². The number of halogens is 1. The molecule has 166 valence electrons. The number of hydrogen-bond acceptors (Lipinski definition) is 4. The molecule has 9 heteroatoms. The Morgan fingerprint density at radius 1 is 1.10 bits per heavy atom. The number of guanidine groups is 1. The standard InChI is InChI=1S/C20H34N4O3S.HI/c1-3-4-15-27-16-7-12-22-20(21-2)23-17-18-8-10-19(11-9-18)28(25,26)24-13-5-6-14-24;/h8-11H,3-7,12-17H2,1-2H3,(H2,21,22,23);1H. The van der Waals surface area contributed by atoms with Crippen molar-refractivity contribution >= 4 is 40.0 Å². The molecule has 0 amide bonds. The van der Waals surface area contributed by atoms with Gasteiger partial charge in [-0.05, 0) is 43.4 Å². The Bertz CT molecular complexity index is 705. The van der Waals surface area contributed by atoms with E-state index in [4.69, 9.17) is 4.74 Å². The lowest BCUT2D eigenvalue weighted by molar-refractivity contribution is 0.129. The normalized spacial score (nSPS) is 15.2. The van der Waals surface area contributed by atoms with Crippen LogP contribution in [-0.4, -0.2) is 58.6 Å². The molecule has 0 spiro atoms. The first-order chi connectivity index (χ1) is 13.6. The van der Waals surface area contributed by atoms with Gasteiger partial charge in [-0.15, -0.1) is 24.0 Å². The number of nitrogens with one attached hydrogen (secondary N) is 2. The van der Waals surface area contributed by atoms with Gasteiger partial charge in [0.05, 0.1) is 4.90 Å². The van der Waals surface area contributed by atoms with Crippen molar-refractivity contribution in [1.82, 2.24) is 14.9 Å². The predicted molar refractivity (Wildman–Crippen MR) is 128 cm³/mol. The van der Waals surface area contributed by atoms with Crippen molar-refractivity contribution in [3.8, 4) is 0 Å². The molecule has 1 fully saturated rings. The molecule has 1 aliphatic rings. The van der Waals surface area contributed by atoms with Gasteiger partial charge in [-0.2, -0.15) is 4.31 Å². The zero-order valence-electron chi connectivity index (χ0n) is 17.5. The third kappa shape index (κ3) is 8.77. The van der Waals surface area contributed by atoms with Gasteiger partial charge in [-0.1, -0.05) is 25.5 Å². The minimum absolute atomic E-state index is 0. The number of unbranched alkanes of at least 4 members (excludes halogenated alkanes) is 1. The molecular formula is C20H35IN4O3S. The van der Waals surface area contributed by atoms with Crippen LogP contribution in [0, 0.1) is 0 Å². The fourth-order valence-electron chi connectivity index (χ4n) is 2.99. The Labute approximate surface area is 192 Å². The summed E-state index contributed by atoms with van der Waals surface area (Å²) in [4.78, 5) is 4.58. The third-order valence-corrected chi connectivity index (χ3v) is 6.62. The molecule has 29 heavy (non-hydrogen) atoms. The van der Waals surface area contributed by atoms with E-state index in [1.54, 1.807) is 23.5 Å². The Morgan fingerprint density at radius 3 is 2.38 bits per heavy atom. The maximum absolute atomic E-state index is 12.6. The molecule has 2 N–H and O–H groups in total. The predicted octanol–water partition coefficient (Wildman–Crippen LogP) is 2.96. The Kier molecular flexibility index (Phi) is 12.8. The van der Waals surface area contributed by atoms with E-state index in [1.807, 2.05) is 12.1 Å². The van der Waals surface area contributed by atoms with Gasteiger partial charge in [-0.25, -0.2) is 8.42 Å². The van der Waals surface area contributed by atoms with Gasteiger partial charge >= 0.3 is 0 Å². The molecule has 0 radical (unpaired) electrons. The van der Waals surface area contributed by atoms with Crippen LogP contribution in [0.25, 0.3) is 0 Å². The molecule has 1 saturated heterocycles. The molecular weight excluding hydrogens is 503 g/mol. The fraction of sp³-hybridized carbons (Fsp3) is 0.650. The number of sulfonamides is 1. The highest BCUT2D eigenvalue weighted by molar-refractivity contribution is 14.0. The summed E-state index contributed by atoms with van der Waals surface area (Å²) in [6.07, 6.45) is 5.07. The van der Waals surface area contributed by atoms with Gasteiger partial charge in [0.25, 0.3) is 0 Å². The van der Waals surface area contributed by atoms with Gasteiger partial charge in [0.2, 0.25) is 10.0 Å². The van der Waals surface area contributed by atoms with Crippen LogP contribution in [0.3, 0.4) is 0 Å². The summed E-state index contributed by atoms with van der Waals surface area (Å²) in [5.41, 5.74) is 1.01. The minimum atomic E-state index is -3.35. The van der Waals surface area contributed by atoms with Crippen LogP contribution >= 0.6 is 24.0 Å². The van der Waals surface area contributed by atoms with Crippen LogP contribution in [0.1, 0.15) is 44.6 Å². The second-order valence-corrected chi connectivity index (χ2v) is 8.87. The lowest BCUT2D eigenvalue weighted by Gasteiger charge is -2.16. The summed E-state index contributed by atoms with van der Waals surface area (Å²) in [5.74, 6) is 0.724. The van der Waals surface area contributed by atoms with E-state index in [0.29, 0.717) is 24.5 Å². The molecule has 0 bridgehead atoms. The largest absolute Gasteiger partial charge is 0.381 e. The average molecular weight is 538 g/mol. The minimum Gasteiger partial charge on any atom is -0.381 e. The number of ether oxygens (including phenoxy) is 1. The molecule has 1 aromatic rings. The monoisotopic (exact) mass is 538 g/mol. The molecule has 1 aliphatic heterocycles. The quantitative estimate of drug-likeness (QED) is 0.196. The Hall–Kier alpha value is -0.910. The van der Waals surface area contributed by atoms with Crippen molar-refractivity contribution in [1.29, 1.82) is 0 Å². The van der Waals surface area contributed by atoms with Gasteiger partial charge in [0, 0.05) is 46.4 Å². The molecule has 0 saturated carbocycles. The van der Waals surface area contributed by atoms with Crippen molar-refractivity contribution in [3.63, 3.8) is 0 Å². The first-order valence-corrected chi connectivity index (χ1v) is 11.6. The summed E-state index contributed by atoms with van der Waals surface area (Å²) in [6.45, 7) is 6.34. The summed E-state index contributed by atoms with van der Waals surface area (Å²) < 4.78 is 32.2. The van der Waals surface area contributed by atoms with Gasteiger partial charge in [0.1, 0.15) is 0 Å². The number of nitrogens with zero attached hydrogens (tertiary/aromatic N) is 2. The second-order valence-electron chi connectivity index (χ2n) is 6.93.